The van der Waals surface area contributed by atoms with Gasteiger partial charge >= 0.3 is 0 Å². The summed E-state index contributed by atoms with van der Waals surface area (Å²) in [6.45, 7) is 2.72. The van der Waals surface area contributed by atoms with Gasteiger partial charge in [-0.15, -0.1) is 0 Å². The molecule has 0 atom stereocenters. The normalized spacial score (nSPS) is 17.3. The first-order valence-corrected chi connectivity index (χ1v) is 8.96. The van der Waals surface area contributed by atoms with Gasteiger partial charge in [-0.1, -0.05) is 0 Å². The lowest BCUT2D eigenvalue weighted by Gasteiger charge is -2.29. The van der Waals surface area contributed by atoms with Gasteiger partial charge in [0.25, 0.3) is 5.91 Å². The Morgan fingerprint density at radius 3 is 2.73 bits per heavy atom. The van der Waals surface area contributed by atoms with Crippen LogP contribution in [-0.2, 0) is 9.47 Å². The summed E-state index contributed by atoms with van der Waals surface area (Å²) in [5, 5.41) is 1.74. The number of carbonyl (C=O) groups excluding carboxylic acids is 1. The Bertz CT molecular complexity index is 731. The molecule has 0 unspecified atom stereocenters. The fraction of sp³-hybridized carbons (Fsp3) is 0.412. The highest BCUT2D eigenvalue weighted by molar-refractivity contribution is 9.12. The Labute approximate surface area is 160 Å². The summed E-state index contributed by atoms with van der Waals surface area (Å²) < 4.78 is 16.9. The number of hydrazine groups is 1. The van der Waals surface area contributed by atoms with Crippen LogP contribution in [0.1, 0.15) is 10.4 Å². The van der Waals surface area contributed by atoms with E-state index in [1.54, 1.807) is 42.5 Å². The van der Waals surface area contributed by atoms with Crippen LogP contribution in [0.25, 0.3) is 0 Å². The topological polar surface area (TPSA) is 75.6 Å². The van der Waals surface area contributed by atoms with E-state index in [1.807, 2.05) is 6.07 Å². The summed E-state index contributed by atoms with van der Waals surface area (Å²) in [6, 6.07) is 5.33. The van der Waals surface area contributed by atoms with Crippen LogP contribution < -0.4 is 10.2 Å². The number of aliphatic imine (C=N–C) groups is 1. The minimum absolute atomic E-state index is 0.0269. The summed E-state index contributed by atoms with van der Waals surface area (Å²) in [5.74, 6) is 1.14. The Morgan fingerprint density at radius 2 is 2.04 bits per heavy atom. The van der Waals surface area contributed by atoms with Crippen LogP contribution in [0.15, 0.2) is 33.6 Å². The number of hydrogen-bond acceptors (Lipinski definition) is 7. The molecule has 1 saturated heterocycles. The van der Waals surface area contributed by atoms with Crippen LogP contribution in [-0.4, -0.2) is 69.2 Å². The van der Waals surface area contributed by atoms with Crippen molar-refractivity contribution in [1.82, 2.24) is 9.91 Å². The monoisotopic (exact) mass is 424 g/mol. The largest absolute Gasteiger partial charge is 0.494 e. The van der Waals surface area contributed by atoms with Gasteiger partial charge in [-0.05, 0) is 34.1 Å². The fourth-order valence-corrected chi connectivity index (χ4v) is 3.28. The van der Waals surface area contributed by atoms with Gasteiger partial charge in [-0.2, -0.15) is 0 Å². The maximum Gasteiger partial charge on any atom is 0.254 e. The molecule has 2 aliphatic rings. The Balaban J connectivity index is 1.79. The Kier molecular flexibility index (Phi) is 6.00. The van der Waals surface area contributed by atoms with E-state index in [9.17, 15) is 4.79 Å². The highest BCUT2D eigenvalue weighted by atomic mass is 79.9. The van der Waals surface area contributed by atoms with E-state index in [4.69, 9.17) is 14.2 Å². The zero-order chi connectivity index (χ0) is 18.5. The SMILES string of the molecule is COC1=C(Br)C=NCN1Nc1ccc(C(=O)N2CCOCC2)cc1OC. The number of nitrogens with one attached hydrogen (secondary N) is 1. The molecule has 3 rings (SSSR count). The molecule has 2 heterocycles. The quantitative estimate of drug-likeness (QED) is 0.779. The first kappa shape index (κ1) is 18.5. The molecule has 0 aromatic heterocycles. The smallest absolute Gasteiger partial charge is 0.254 e. The van der Waals surface area contributed by atoms with Gasteiger partial charge in [-0.25, -0.2) is 5.01 Å². The van der Waals surface area contributed by atoms with Crippen molar-refractivity contribution >= 4 is 33.7 Å². The predicted molar refractivity (Wildman–Crippen MR) is 101 cm³/mol. The van der Waals surface area contributed by atoms with Gasteiger partial charge in [-0.3, -0.25) is 15.2 Å². The van der Waals surface area contributed by atoms with E-state index < -0.39 is 0 Å². The lowest BCUT2D eigenvalue weighted by Crippen LogP contribution is -2.40. The van der Waals surface area contributed by atoms with Crippen LogP contribution in [0, 0.1) is 0 Å². The molecule has 1 N–H and O–H groups in total. The molecule has 0 aliphatic carbocycles. The van der Waals surface area contributed by atoms with Crippen molar-refractivity contribution < 1.29 is 19.0 Å². The summed E-state index contributed by atoms with van der Waals surface area (Å²) >= 11 is 3.41. The molecule has 2 aliphatic heterocycles. The first-order chi connectivity index (χ1) is 12.6. The van der Waals surface area contributed by atoms with Gasteiger partial charge in [0.2, 0.25) is 5.88 Å². The van der Waals surface area contributed by atoms with Crippen molar-refractivity contribution in [2.75, 3.05) is 52.6 Å². The lowest BCUT2D eigenvalue weighted by atomic mass is 10.1. The number of ether oxygens (including phenoxy) is 3. The number of anilines is 1. The summed E-state index contributed by atoms with van der Waals surface area (Å²) in [6.07, 6.45) is 1.69. The molecule has 1 fully saturated rings. The van der Waals surface area contributed by atoms with Crippen LogP contribution in [0.2, 0.25) is 0 Å². The first-order valence-electron chi connectivity index (χ1n) is 8.17. The van der Waals surface area contributed by atoms with Crippen molar-refractivity contribution in [2.24, 2.45) is 4.99 Å². The van der Waals surface area contributed by atoms with Crippen molar-refractivity contribution in [3.8, 4) is 5.75 Å². The number of halogens is 1. The molecule has 1 aromatic rings. The molecule has 0 radical (unpaired) electrons. The van der Waals surface area contributed by atoms with Crippen LogP contribution >= 0.6 is 15.9 Å². The molecular formula is C17H21BrN4O4. The third-order valence-electron chi connectivity index (χ3n) is 4.07. The van der Waals surface area contributed by atoms with Gasteiger partial charge in [0.15, 0.2) is 0 Å². The van der Waals surface area contributed by atoms with Crippen molar-refractivity contribution in [1.29, 1.82) is 0 Å². The second-order valence-corrected chi connectivity index (χ2v) is 6.52. The number of nitrogens with zero attached hydrogens (tertiary/aromatic N) is 3. The summed E-state index contributed by atoms with van der Waals surface area (Å²) in [7, 11) is 3.16. The van der Waals surface area contributed by atoms with Gasteiger partial charge < -0.3 is 19.1 Å². The number of rotatable bonds is 5. The average Bonchev–Trinajstić information content (AvgIpc) is 2.68. The zero-order valence-corrected chi connectivity index (χ0v) is 16.3. The second kappa shape index (κ2) is 8.41. The third-order valence-corrected chi connectivity index (χ3v) is 4.62. The third kappa shape index (κ3) is 3.94. The zero-order valence-electron chi connectivity index (χ0n) is 14.7. The number of allylic oxidation sites excluding steroid dienone is 1. The minimum atomic E-state index is -0.0269. The van der Waals surface area contributed by atoms with E-state index in [0.717, 1.165) is 4.48 Å². The molecule has 1 amide bonds. The lowest BCUT2D eigenvalue weighted by molar-refractivity contribution is 0.0302. The number of methoxy groups -OCH3 is 2. The number of benzene rings is 1. The standard InChI is InChI=1S/C17H21BrN4O4/c1-24-15-9-12(16(23)21-5-7-26-8-6-21)3-4-14(15)20-22-11-19-10-13(18)17(22)25-2/h3-4,9-10,20H,5-8,11H2,1-2H3. The maximum atomic E-state index is 12.6. The van der Waals surface area contributed by atoms with E-state index in [-0.39, 0.29) is 5.91 Å². The molecule has 8 nitrogen and oxygen atoms in total. The van der Waals surface area contributed by atoms with Gasteiger partial charge in [0.05, 0.1) is 37.6 Å². The van der Waals surface area contributed by atoms with Crippen LogP contribution in [0.5, 0.6) is 5.75 Å². The van der Waals surface area contributed by atoms with Crippen LogP contribution in [0.3, 0.4) is 0 Å². The van der Waals surface area contributed by atoms with Gasteiger partial charge in [0, 0.05) is 24.9 Å². The maximum absolute atomic E-state index is 12.6. The average molecular weight is 425 g/mol. The van der Waals surface area contributed by atoms with Gasteiger partial charge in [0.1, 0.15) is 12.4 Å². The Hall–Kier alpha value is -2.26. The number of morpholine rings is 1. The van der Waals surface area contributed by atoms with Crippen molar-refractivity contribution in [3.05, 3.63) is 34.1 Å². The van der Waals surface area contributed by atoms with Crippen LogP contribution in [0.4, 0.5) is 5.69 Å². The summed E-state index contributed by atoms with van der Waals surface area (Å²) in [5.41, 5.74) is 4.50. The fourth-order valence-electron chi connectivity index (χ4n) is 2.76. The van der Waals surface area contributed by atoms with Crippen molar-refractivity contribution in [2.45, 2.75) is 0 Å². The summed E-state index contributed by atoms with van der Waals surface area (Å²) in [4.78, 5) is 18.7. The molecule has 1 aromatic carbocycles. The number of hydrogen-bond donors (Lipinski definition) is 1. The van der Waals surface area contributed by atoms with E-state index >= 15 is 0 Å². The Morgan fingerprint density at radius 1 is 1.27 bits per heavy atom. The number of carbonyl (C=O) groups is 1. The van der Waals surface area contributed by atoms with E-state index in [2.05, 4.69) is 26.3 Å². The predicted octanol–water partition coefficient (Wildman–Crippen LogP) is 2.05. The highest BCUT2D eigenvalue weighted by Crippen LogP contribution is 2.29. The molecule has 0 spiro atoms. The molecule has 26 heavy (non-hydrogen) atoms. The number of amides is 1. The minimum Gasteiger partial charge on any atom is -0.494 e. The molecule has 140 valence electrons. The molecular weight excluding hydrogens is 404 g/mol. The molecule has 0 saturated carbocycles. The molecule has 9 heteroatoms. The highest BCUT2D eigenvalue weighted by Gasteiger charge is 2.22. The van der Waals surface area contributed by atoms with E-state index in [1.165, 1.54) is 0 Å². The second-order valence-electron chi connectivity index (χ2n) is 5.67. The van der Waals surface area contributed by atoms with E-state index in [0.29, 0.717) is 55.9 Å². The molecule has 0 bridgehead atoms. The van der Waals surface area contributed by atoms with Crippen molar-refractivity contribution in [3.63, 3.8) is 0 Å².